The summed E-state index contributed by atoms with van der Waals surface area (Å²) >= 11 is 5.95. The molecule has 4 N–H and O–H groups in total. The van der Waals surface area contributed by atoms with Crippen molar-refractivity contribution in [2.24, 2.45) is 5.73 Å². The van der Waals surface area contributed by atoms with Crippen molar-refractivity contribution in [1.82, 2.24) is 0 Å². The molecule has 0 aliphatic heterocycles. The van der Waals surface area contributed by atoms with E-state index in [9.17, 15) is 4.79 Å². The van der Waals surface area contributed by atoms with Gasteiger partial charge in [0.1, 0.15) is 11.5 Å². The molecule has 0 radical (unpaired) electrons. The summed E-state index contributed by atoms with van der Waals surface area (Å²) in [6.45, 7) is 1.89. The van der Waals surface area contributed by atoms with Crippen LogP contribution in [-0.4, -0.2) is 5.91 Å². The molecule has 0 atom stereocenters. The van der Waals surface area contributed by atoms with E-state index < -0.39 is 5.91 Å². The molecule has 2 aromatic rings. The number of hydrogen-bond donors (Lipinski definition) is 2. The molecule has 0 saturated heterocycles. The normalized spacial score (nSPS) is 10.2. The summed E-state index contributed by atoms with van der Waals surface area (Å²) in [4.78, 5) is 11.1. The molecule has 5 heteroatoms. The number of nitrogens with two attached hydrogens (primary N) is 2. The monoisotopic (exact) mass is 276 g/mol. The van der Waals surface area contributed by atoms with Gasteiger partial charge in [-0.15, -0.1) is 0 Å². The summed E-state index contributed by atoms with van der Waals surface area (Å²) in [7, 11) is 0. The van der Waals surface area contributed by atoms with E-state index in [4.69, 9.17) is 27.8 Å². The van der Waals surface area contributed by atoms with Gasteiger partial charge in [-0.3, -0.25) is 4.79 Å². The van der Waals surface area contributed by atoms with Crippen LogP contribution in [0.2, 0.25) is 5.02 Å². The number of aryl methyl sites for hydroxylation is 1. The van der Waals surface area contributed by atoms with Crippen LogP contribution >= 0.6 is 11.6 Å². The van der Waals surface area contributed by atoms with Crippen LogP contribution < -0.4 is 16.2 Å². The first-order chi connectivity index (χ1) is 8.97. The van der Waals surface area contributed by atoms with Crippen LogP contribution in [0.3, 0.4) is 0 Å². The average Bonchev–Trinajstić information content (AvgIpc) is 2.32. The smallest absolute Gasteiger partial charge is 0.250 e. The second kappa shape index (κ2) is 5.20. The van der Waals surface area contributed by atoms with E-state index >= 15 is 0 Å². The lowest BCUT2D eigenvalue weighted by Gasteiger charge is -2.10. The van der Waals surface area contributed by atoms with E-state index in [1.807, 2.05) is 13.0 Å². The molecular weight excluding hydrogens is 264 g/mol. The van der Waals surface area contributed by atoms with Crippen molar-refractivity contribution >= 4 is 23.2 Å². The highest BCUT2D eigenvalue weighted by Gasteiger charge is 2.09. The maximum atomic E-state index is 11.1. The third-order valence-corrected chi connectivity index (χ3v) is 2.95. The van der Waals surface area contributed by atoms with Gasteiger partial charge in [-0.25, -0.2) is 0 Å². The Morgan fingerprint density at radius 3 is 2.53 bits per heavy atom. The van der Waals surface area contributed by atoms with E-state index in [1.165, 1.54) is 6.07 Å². The van der Waals surface area contributed by atoms with Gasteiger partial charge in [0.05, 0.1) is 10.6 Å². The molecule has 0 aliphatic rings. The zero-order chi connectivity index (χ0) is 14.0. The fourth-order valence-corrected chi connectivity index (χ4v) is 1.94. The minimum atomic E-state index is -0.569. The second-order valence-electron chi connectivity index (χ2n) is 4.13. The van der Waals surface area contributed by atoms with Crippen molar-refractivity contribution in [2.75, 3.05) is 5.73 Å². The van der Waals surface area contributed by atoms with Crippen LogP contribution in [0.1, 0.15) is 15.9 Å². The minimum absolute atomic E-state index is 0.262. The number of primary amides is 1. The molecule has 4 nitrogen and oxygen atoms in total. The quantitative estimate of drug-likeness (QED) is 0.846. The Morgan fingerprint density at radius 2 is 1.95 bits per heavy atom. The summed E-state index contributed by atoms with van der Waals surface area (Å²) in [6, 6.07) is 10.1. The van der Waals surface area contributed by atoms with Gasteiger partial charge in [0.2, 0.25) is 5.91 Å². The van der Waals surface area contributed by atoms with Crippen LogP contribution in [0.25, 0.3) is 0 Å². The van der Waals surface area contributed by atoms with E-state index in [2.05, 4.69) is 0 Å². The van der Waals surface area contributed by atoms with Gasteiger partial charge < -0.3 is 16.2 Å². The number of benzene rings is 2. The number of nitrogen functional groups attached to an aromatic ring is 1. The van der Waals surface area contributed by atoms with Gasteiger partial charge in [-0.05, 0) is 42.8 Å². The molecular formula is C14H13ClN2O2. The van der Waals surface area contributed by atoms with Gasteiger partial charge in [-0.2, -0.15) is 0 Å². The topological polar surface area (TPSA) is 78.3 Å². The van der Waals surface area contributed by atoms with Crippen LogP contribution in [0.15, 0.2) is 36.4 Å². The number of carbonyl (C=O) groups excluding carboxylic acids is 1. The maximum absolute atomic E-state index is 11.1. The second-order valence-corrected chi connectivity index (χ2v) is 4.54. The average molecular weight is 277 g/mol. The third-order valence-electron chi connectivity index (χ3n) is 2.63. The molecule has 1 amide bonds. The maximum Gasteiger partial charge on any atom is 0.250 e. The molecule has 0 aliphatic carbocycles. The standard InChI is InChI=1S/C14H13ClN2O2/c1-8-6-9(16)2-5-13(8)19-10-3-4-11(14(17)18)12(15)7-10/h2-7H,16H2,1H3,(H2,17,18). The van der Waals surface area contributed by atoms with Gasteiger partial charge >= 0.3 is 0 Å². The number of anilines is 1. The lowest BCUT2D eigenvalue weighted by molar-refractivity contribution is 0.100. The Morgan fingerprint density at radius 1 is 1.21 bits per heavy atom. The molecule has 98 valence electrons. The molecule has 0 bridgehead atoms. The Balaban J connectivity index is 2.29. The molecule has 0 aromatic heterocycles. The minimum Gasteiger partial charge on any atom is -0.457 e. The Hall–Kier alpha value is -2.20. The van der Waals surface area contributed by atoms with Gasteiger partial charge in [0.15, 0.2) is 0 Å². The molecule has 0 spiro atoms. The largest absolute Gasteiger partial charge is 0.457 e. The fraction of sp³-hybridized carbons (Fsp3) is 0.0714. The number of amides is 1. The van der Waals surface area contributed by atoms with Crippen molar-refractivity contribution < 1.29 is 9.53 Å². The summed E-state index contributed by atoms with van der Waals surface area (Å²) in [5.41, 5.74) is 12.7. The molecule has 0 unspecified atom stereocenters. The van der Waals surface area contributed by atoms with Gasteiger partial charge in [0, 0.05) is 11.8 Å². The Bertz CT molecular complexity index is 641. The van der Waals surface area contributed by atoms with Crippen molar-refractivity contribution in [3.05, 3.63) is 52.5 Å². The molecule has 0 fully saturated rings. The highest BCUT2D eigenvalue weighted by Crippen LogP contribution is 2.29. The predicted octanol–water partition coefficient (Wildman–Crippen LogP) is 3.12. The van der Waals surface area contributed by atoms with Crippen LogP contribution in [0.5, 0.6) is 11.5 Å². The fourth-order valence-electron chi connectivity index (χ4n) is 1.67. The Labute approximate surface area is 115 Å². The summed E-state index contributed by atoms with van der Waals surface area (Å²) in [5, 5.41) is 0.262. The highest BCUT2D eigenvalue weighted by molar-refractivity contribution is 6.33. The number of rotatable bonds is 3. The summed E-state index contributed by atoms with van der Waals surface area (Å²) in [6.07, 6.45) is 0. The van der Waals surface area contributed by atoms with Crippen molar-refractivity contribution in [3.63, 3.8) is 0 Å². The first-order valence-corrected chi connectivity index (χ1v) is 5.98. The molecule has 0 saturated carbocycles. The van der Waals surface area contributed by atoms with Crippen molar-refractivity contribution in [3.8, 4) is 11.5 Å². The first-order valence-electron chi connectivity index (χ1n) is 5.60. The SMILES string of the molecule is Cc1cc(N)ccc1Oc1ccc(C(N)=O)c(Cl)c1. The van der Waals surface area contributed by atoms with E-state index in [1.54, 1.807) is 24.3 Å². The predicted molar refractivity (Wildman–Crippen MR) is 75.6 cm³/mol. The van der Waals surface area contributed by atoms with Crippen molar-refractivity contribution in [2.45, 2.75) is 6.92 Å². The Kier molecular flexibility index (Phi) is 3.62. The van der Waals surface area contributed by atoms with Crippen LogP contribution in [0.4, 0.5) is 5.69 Å². The number of carbonyl (C=O) groups is 1. The molecule has 0 heterocycles. The lowest BCUT2D eigenvalue weighted by Crippen LogP contribution is -2.11. The molecule has 2 rings (SSSR count). The molecule has 19 heavy (non-hydrogen) atoms. The number of ether oxygens (including phenoxy) is 1. The van der Waals surface area contributed by atoms with E-state index in [0.29, 0.717) is 17.2 Å². The van der Waals surface area contributed by atoms with E-state index in [0.717, 1.165) is 5.56 Å². The van der Waals surface area contributed by atoms with Gasteiger partial charge in [0.25, 0.3) is 0 Å². The zero-order valence-corrected chi connectivity index (χ0v) is 11.1. The molecule has 2 aromatic carbocycles. The third kappa shape index (κ3) is 2.98. The zero-order valence-electron chi connectivity index (χ0n) is 10.3. The van der Waals surface area contributed by atoms with Crippen LogP contribution in [0, 0.1) is 6.92 Å². The summed E-state index contributed by atoms with van der Waals surface area (Å²) in [5.74, 6) is 0.639. The van der Waals surface area contributed by atoms with Gasteiger partial charge in [-0.1, -0.05) is 11.6 Å². The van der Waals surface area contributed by atoms with Crippen molar-refractivity contribution in [1.29, 1.82) is 0 Å². The number of halogens is 1. The lowest BCUT2D eigenvalue weighted by atomic mass is 10.2. The highest BCUT2D eigenvalue weighted by atomic mass is 35.5. The summed E-state index contributed by atoms with van der Waals surface area (Å²) < 4.78 is 5.69. The van der Waals surface area contributed by atoms with E-state index in [-0.39, 0.29) is 10.6 Å². The first kappa shape index (κ1) is 13.2. The van der Waals surface area contributed by atoms with Crippen LogP contribution in [-0.2, 0) is 0 Å². The number of hydrogen-bond acceptors (Lipinski definition) is 3.